The minimum atomic E-state index is 0.133. The summed E-state index contributed by atoms with van der Waals surface area (Å²) >= 11 is 1.49. The fourth-order valence-corrected chi connectivity index (χ4v) is 1.54. The lowest BCUT2D eigenvalue weighted by molar-refractivity contribution is 0.278. The van der Waals surface area contributed by atoms with Crippen LogP contribution in [0.4, 0.5) is 0 Å². The number of aliphatic hydroxyl groups excluding tert-OH is 1. The van der Waals surface area contributed by atoms with Crippen LogP contribution in [-0.4, -0.2) is 26.8 Å². The number of nitrogens with zero attached hydrogens (tertiary/aromatic N) is 3. The normalized spacial score (nSPS) is 10.6. The van der Waals surface area contributed by atoms with Gasteiger partial charge in [-0.05, 0) is 6.42 Å². The molecule has 0 atom stereocenters. The molecule has 2 aromatic rings. The Bertz CT molecular complexity index is 385. The summed E-state index contributed by atoms with van der Waals surface area (Å²) < 4.78 is 4.98. The quantitative estimate of drug-likeness (QED) is 0.820. The van der Waals surface area contributed by atoms with Gasteiger partial charge in [-0.2, -0.15) is 4.98 Å². The first-order valence-corrected chi connectivity index (χ1v) is 5.16. The van der Waals surface area contributed by atoms with E-state index in [1.54, 1.807) is 5.51 Å². The molecule has 0 fully saturated rings. The molecule has 14 heavy (non-hydrogen) atoms. The maximum Gasteiger partial charge on any atom is 0.227 e. The van der Waals surface area contributed by atoms with Gasteiger partial charge in [0.05, 0.1) is 5.51 Å². The molecule has 0 unspecified atom stereocenters. The molecule has 5 nitrogen and oxygen atoms in total. The highest BCUT2D eigenvalue weighted by Gasteiger charge is 2.09. The molecule has 6 heteroatoms. The van der Waals surface area contributed by atoms with Gasteiger partial charge in [-0.15, -0.1) is 11.3 Å². The monoisotopic (exact) mass is 211 g/mol. The summed E-state index contributed by atoms with van der Waals surface area (Å²) in [6.07, 6.45) is 1.24. The van der Waals surface area contributed by atoms with E-state index < -0.39 is 0 Å². The molecule has 0 saturated heterocycles. The molecule has 2 heterocycles. The molecule has 0 amide bonds. The lowest BCUT2D eigenvalue weighted by Crippen LogP contribution is -1.89. The first-order valence-electron chi connectivity index (χ1n) is 4.22. The fraction of sp³-hybridized carbons (Fsp3) is 0.375. The molecule has 1 N–H and O–H groups in total. The number of aliphatic hydroxyl groups is 1. The van der Waals surface area contributed by atoms with Gasteiger partial charge in [0.2, 0.25) is 11.7 Å². The highest BCUT2D eigenvalue weighted by Crippen LogP contribution is 2.15. The molecular formula is C8H9N3O2S. The summed E-state index contributed by atoms with van der Waals surface area (Å²) in [7, 11) is 0. The molecule has 0 aliphatic rings. The van der Waals surface area contributed by atoms with Crippen molar-refractivity contribution in [3.8, 4) is 11.5 Å². The number of aryl methyl sites for hydroxylation is 1. The van der Waals surface area contributed by atoms with Crippen molar-refractivity contribution in [1.82, 2.24) is 15.1 Å². The van der Waals surface area contributed by atoms with Crippen LogP contribution in [0.1, 0.15) is 12.3 Å². The largest absolute Gasteiger partial charge is 0.396 e. The highest BCUT2D eigenvalue weighted by atomic mass is 32.1. The van der Waals surface area contributed by atoms with Crippen molar-refractivity contribution in [2.75, 3.05) is 6.61 Å². The van der Waals surface area contributed by atoms with Gasteiger partial charge in [0.15, 0.2) is 0 Å². The van der Waals surface area contributed by atoms with Crippen molar-refractivity contribution in [3.63, 3.8) is 0 Å². The maximum absolute atomic E-state index is 8.62. The molecule has 0 aliphatic carbocycles. The van der Waals surface area contributed by atoms with Gasteiger partial charge in [0, 0.05) is 18.4 Å². The zero-order valence-electron chi connectivity index (χ0n) is 7.38. The lowest BCUT2D eigenvalue weighted by Gasteiger charge is -1.87. The van der Waals surface area contributed by atoms with Gasteiger partial charge in [0.25, 0.3) is 0 Å². The Morgan fingerprint density at radius 3 is 3.14 bits per heavy atom. The summed E-state index contributed by atoms with van der Waals surface area (Å²) in [5.41, 5.74) is 2.45. The molecule has 0 spiro atoms. The Hall–Kier alpha value is -1.27. The maximum atomic E-state index is 8.62. The summed E-state index contributed by atoms with van der Waals surface area (Å²) in [5.74, 6) is 1.06. The Morgan fingerprint density at radius 2 is 2.43 bits per heavy atom. The van der Waals surface area contributed by atoms with E-state index in [0.29, 0.717) is 24.6 Å². The highest BCUT2D eigenvalue weighted by molar-refractivity contribution is 7.07. The number of hydrogen-bond acceptors (Lipinski definition) is 6. The number of hydrogen-bond donors (Lipinski definition) is 1. The molecule has 0 radical (unpaired) electrons. The van der Waals surface area contributed by atoms with Crippen LogP contribution < -0.4 is 0 Å². The third-order valence-corrected chi connectivity index (χ3v) is 2.26. The molecule has 0 aromatic carbocycles. The summed E-state index contributed by atoms with van der Waals surface area (Å²) in [6, 6.07) is 0. The Labute approximate surface area is 84.4 Å². The Balaban J connectivity index is 2.10. The van der Waals surface area contributed by atoms with E-state index in [-0.39, 0.29) is 6.61 Å². The summed E-state index contributed by atoms with van der Waals surface area (Å²) in [4.78, 5) is 8.21. The topological polar surface area (TPSA) is 72.0 Å². The predicted molar refractivity (Wildman–Crippen MR) is 50.8 cm³/mol. The van der Waals surface area contributed by atoms with Crippen molar-refractivity contribution in [2.45, 2.75) is 12.8 Å². The predicted octanol–water partition coefficient (Wildman–Crippen LogP) is 1.12. The van der Waals surface area contributed by atoms with Crippen LogP contribution in [0, 0.1) is 0 Å². The van der Waals surface area contributed by atoms with Crippen LogP contribution in [-0.2, 0) is 6.42 Å². The van der Waals surface area contributed by atoms with Crippen LogP contribution in [0.25, 0.3) is 11.5 Å². The molecule has 0 aliphatic heterocycles. The van der Waals surface area contributed by atoms with Crippen molar-refractivity contribution >= 4 is 11.3 Å². The van der Waals surface area contributed by atoms with Gasteiger partial charge >= 0.3 is 0 Å². The molecule has 2 rings (SSSR count). The molecular weight excluding hydrogens is 202 g/mol. The zero-order valence-corrected chi connectivity index (χ0v) is 8.20. The molecule has 0 saturated carbocycles. The second-order valence-corrected chi connectivity index (χ2v) is 3.43. The van der Waals surface area contributed by atoms with Gasteiger partial charge < -0.3 is 9.63 Å². The van der Waals surface area contributed by atoms with E-state index in [1.807, 2.05) is 5.38 Å². The number of rotatable bonds is 4. The van der Waals surface area contributed by atoms with Crippen molar-refractivity contribution in [2.24, 2.45) is 0 Å². The van der Waals surface area contributed by atoms with Crippen molar-refractivity contribution < 1.29 is 9.63 Å². The van der Waals surface area contributed by atoms with E-state index in [4.69, 9.17) is 9.63 Å². The number of aromatic nitrogens is 3. The van der Waals surface area contributed by atoms with E-state index in [0.717, 1.165) is 5.69 Å². The van der Waals surface area contributed by atoms with Crippen LogP contribution in [0.5, 0.6) is 0 Å². The standard InChI is InChI=1S/C8H9N3O2S/c12-3-1-2-7-10-8(11-13-7)6-4-14-5-9-6/h4-5,12H,1-3H2. The third kappa shape index (κ3) is 1.97. The average molecular weight is 211 g/mol. The smallest absolute Gasteiger partial charge is 0.227 e. The van der Waals surface area contributed by atoms with Crippen LogP contribution in [0.3, 0.4) is 0 Å². The lowest BCUT2D eigenvalue weighted by atomic mass is 10.3. The van der Waals surface area contributed by atoms with E-state index in [1.165, 1.54) is 11.3 Å². The first-order chi connectivity index (χ1) is 6.90. The van der Waals surface area contributed by atoms with Crippen molar-refractivity contribution in [3.05, 3.63) is 16.8 Å². The second kappa shape index (κ2) is 4.30. The van der Waals surface area contributed by atoms with Crippen LogP contribution in [0.2, 0.25) is 0 Å². The summed E-state index contributed by atoms with van der Waals surface area (Å²) in [5, 5.41) is 14.3. The number of thiazole rings is 1. The first kappa shape index (κ1) is 9.29. The SMILES string of the molecule is OCCCc1nc(-c2cscn2)no1. The van der Waals surface area contributed by atoms with E-state index in [9.17, 15) is 0 Å². The third-order valence-electron chi connectivity index (χ3n) is 1.68. The van der Waals surface area contributed by atoms with Crippen LogP contribution in [0.15, 0.2) is 15.4 Å². The Morgan fingerprint density at radius 1 is 1.50 bits per heavy atom. The zero-order chi connectivity index (χ0) is 9.80. The average Bonchev–Trinajstić information content (AvgIpc) is 2.85. The van der Waals surface area contributed by atoms with Crippen molar-refractivity contribution in [1.29, 1.82) is 0 Å². The van der Waals surface area contributed by atoms with Gasteiger partial charge in [-0.1, -0.05) is 5.16 Å². The molecule has 74 valence electrons. The minimum absolute atomic E-state index is 0.133. The van der Waals surface area contributed by atoms with E-state index >= 15 is 0 Å². The van der Waals surface area contributed by atoms with Gasteiger partial charge in [0.1, 0.15) is 5.69 Å². The molecule has 0 bridgehead atoms. The van der Waals surface area contributed by atoms with Gasteiger partial charge in [-0.3, -0.25) is 0 Å². The second-order valence-electron chi connectivity index (χ2n) is 2.71. The van der Waals surface area contributed by atoms with E-state index in [2.05, 4.69) is 15.1 Å². The Kier molecular flexibility index (Phi) is 2.85. The molecule has 2 aromatic heterocycles. The minimum Gasteiger partial charge on any atom is -0.396 e. The fourth-order valence-electron chi connectivity index (χ4n) is 1.01. The summed E-state index contributed by atoms with van der Waals surface area (Å²) in [6.45, 7) is 0.133. The van der Waals surface area contributed by atoms with Crippen LogP contribution >= 0.6 is 11.3 Å². The van der Waals surface area contributed by atoms with Gasteiger partial charge in [-0.25, -0.2) is 4.98 Å².